The minimum atomic E-state index is 0.184. The number of likely N-dealkylation sites (tertiary alicyclic amines) is 1. The number of imidazole rings is 1. The molecule has 2 heterocycles. The normalized spacial score (nSPS) is 18.3. The van der Waals surface area contributed by atoms with Gasteiger partial charge in [-0.05, 0) is 18.6 Å². The van der Waals surface area contributed by atoms with E-state index in [0.717, 1.165) is 49.3 Å². The average Bonchev–Trinajstić information content (AvgIpc) is 3.11. The Hall–Kier alpha value is -1.88. The maximum absolute atomic E-state index is 12.3. The zero-order valence-electron chi connectivity index (χ0n) is 14.0. The lowest BCUT2D eigenvalue weighted by Crippen LogP contribution is -2.26. The van der Waals surface area contributed by atoms with Crippen molar-refractivity contribution in [2.45, 2.75) is 38.6 Å². The number of hydrogen-bond acceptors (Lipinski definition) is 3. The monoisotopic (exact) mass is 315 g/mol. The molecular weight excluding hydrogens is 290 g/mol. The number of para-hydroxylation sites is 2. The molecule has 5 nitrogen and oxygen atoms in total. The van der Waals surface area contributed by atoms with Gasteiger partial charge in [0.1, 0.15) is 5.82 Å². The number of carbonyl (C=O) groups is 1. The Balaban J connectivity index is 1.88. The van der Waals surface area contributed by atoms with E-state index in [1.807, 2.05) is 23.1 Å². The molecule has 1 saturated heterocycles. The number of nitrogens with zero attached hydrogens (tertiary/aromatic N) is 3. The summed E-state index contributed by atoms with van der Waals surface area (Å²) >= 11 is 0. The third kappa shape index (κ3) is 3.24. The van der Waals surface area contributed by atoms with E-state index in [2.05, 4.69) is 17.6 Å². The summed E-state index contributed by atoms with van der Waals surface area (Å²) in [6, 6.07) is 8.17. The van der Waals surface area contributed by atoms with Gasteiger partial charge in [0.25, 0.3) is 0 Å². The molecule has 0 N–H and O–H groups in total. The third-order valence-corrected chi connectivity index (χ3v) is 4.56. The number of carbonyl (C=O) groups excluding carboxylic acids is 1. The Bertz CT molecular complexity index is 680. The molecule has 2 aromatic rings. The van der Waals surface area contributed by atoms with Crippen LogP contribution in [0.25, 0.3) is 11.0 Å². The van der Waals surface area contributed by atoms with E-state index in [9.17, 15) is 4.79 Å². The highest BCUT2D eigenvalue weighted by molar-refractivity contribution is 5.80. The van der Waals surface area contributed by atoms with Crippen molar-refractivity contribution in [3.05, 3.63) is 30.1 Å². The molecular formula is C18H25N3O2. The van der Waals surface area contributed by atoms with E-state index < -0.39 is 0 Å². The van der Waals surface area contributed by atoms with Crippen LogP contribution in [0, 0.1) is 0 Å². The van der Waals surface area contributed by atoms with Crippen molar-refractivity contribution in [3.8, 4) is 0 Å². The minimum Gasteiger partial charge on any atom is -0.383 e. The van der Waals surface area contributed by atoms with Crippen molar-refractivity contribution in [2.24, 2.45) is 0 Å². The highest BCUT2D eigenvalue weighted by Crippen LogP contribution is 2.30. The molecule has 0 aliphatic carbocycles. The number of hydrogen-bond donors (Lipinski definition) is 0. The molecule has 0 saturated carbocycles. The zero-order valence-corrected chi connectivity index (χ0v) is 14.0. The number of aromatic nitrogens is 2. The van der Waals surface area contributed by atoms with Crippen molar-refractivity contribution in [1.82, 2.24) is 14.5 Å². The Morgan fingerprint density at radius 3 is 2.91 bits per heavy atom. The summed E-state index contributed by atoms with van der Waals surface area (Å²) in [6.07, 6.45) is 2.75. The van der Waals surface area contributed by atoms with Crippen LogP contribution >= 0.6 is 0 Å². The highest BCUT2D eigenvalue weighted by Gasteiger charge is 2.33. The summed E-state index contributed by atoms with van der Waals surface area (Å²) in [4.78, 5) is 19.1. The molecule has 5 heteroatoms. The van der Waals surface area contributed by atoms with Gasteiger partial charge in [0.05, 0.1) is 17.6 Å². The fourth-order valence-corrected chi connectivity index (χ4v) is 3.33. The number of benzene rings is 1. The standard InChI is InChI=1S/C18H25N3O2/c1-3-4-9-20-13-14(12-17(20)22)18-19-15-7-5-6-8-16(15)21(18)10-11-23-2/h5-8,14H,3-4,9-13H2,1-2H3/t14-/m0/s1. The quantitative estimate of drug-likeness (QED) is 0.789. The van der Waals surface area contributed by atoms with Crippen molar-refractivity contribution in [1.29, 1.82) is 0 Å². The van der Waals surface area contributed by atoms with Gasteiger partial charge in [-0.15, -0.1) is 0 Å². The molecule has 1 aromatic heterocycles. The van der Waals surface area contributed by atoms with Gasteiger partial charge in [0.15, 0.2) is 0 Å². The molecule has 1 aromatic carbocycles. The molecule has 3 rings (SSSR count). The number of rotatable bonds is 7. The van der Waals surface area contributed by atoms with Gasteiger partial charge in [0, 0.05) is 39.1 Å². The maximum atomic E-state index is 12.3. The van der Waals surface area contributed by atoms with Crippen LogP contribution in [-0.2, 0) is 16.1 Å². The van der Waals surface area contributed by atoms with Crippen LogP contribution in [0.1, 0.15) is 37.9 Å². The lowest BCUT2D eigenvalue weighted by molar-refractivity contribution is -0.127. The van der Waals surface area contributed by atoms with E-state index >= 15 is 0 Å². The van der Waals surface area contributed by atoms with E-state index in [1.54, 1.807) is 7.11 Å². The SMILES string of the molecule is CCCCN1C[C@@H](c2nc3ccccc3n2CCOC)CC1=O. The topological polar surface area (TPSA) is 47.4 Å². The Morgan fingerprint density at radius 2 is 2.13 bits per heavy atom. The first-order valence-corrected chi connectivity index (χ1v) is 8.46. The smallest absolute Gasteiger partial charge is 0.223 e. The van der Waals surface area contributed by atoms with Crippen LogP contribution in [0.5, 0.6) is 0 Å². The van der Waals surface area contributed by atoms with Gasteiger partial charge < -0.3 is 14.2 Å². The number of fused-ring (bicyclic) bond motifs is 1. The van der Waals surface area contributed by atoms with Crippen LogP contribution in [0.2, 0.25) is 0 Å². The molecule has 1 aliphatic heterocycles. The van der Waals surface area contributed by atoms with Crippen LogP contribution in [0.15, 0.2) is 24.3 Å². The van der Waals surface area contributed by atoms with Gasteiger partial charge >= 0.3 is 0 Å². The Kier molecular flexibility index (Phi) is 4.96. The summed E-state index contributed by atoms with van der Waals surface area (Å²) in [5.74, 6) is 1.47. The molecule has 0 unspecified atom stereocenters. The molecule has 124 valence electrons. The summed E-state index contributed by atoms with van der Waals surface area (Å²) in [6.45, 7) is 5.22. The van der Waals surface area contributed by atoms with Crippen molar-refractivity contribution in [2.75, 3.05) is 26.8 Å². The number of ether oxygens (including phenoxy) is 1. The molecule has 0 bridgehead atoms. The fraction of sp³-hybridized carbons (Fsp3) is 0.556. The summed E-state index contributed by atoms with van der Waals surface area (Å²) in [5.41, 5.74) is 2.12. The second-order valence-electron chi connectivity index (χ2n) is 6.20. The van der Waals surface area contributed by atoms with E-state index in [4.69, 9.17) is 9.72 Å². The van der Waals surface area contributed by atoms with E-state index in [0.29, 0.717) is 13.0 Å². The molecule has 1 aliphatic rings. The van der Waals surface area contributed by atoms with Gasteiger partial charge in [-0.3, -0.25) is 4.79 Å². The lowest BCUT2D eigenvalue weighted by Gasteiger charge is -2.16. The maximum Gasteiger partial charge on any atom is 0.223 e. The second kappa shape index (κ2) is 7.13. The van der Waals surface area contributed by atoms with Crippen LogP contribution < -0.4 is 0 Å². The Labute approximate surface area is 137 Å². The molecule has 1 fully saturated rings. The molecule has 1 amide bonds. The summed E-state index contributed by atoms with van der Waals surface area (Å²) < 4.78 is 7.47. The fourth-order valence-electron chi connectivity index (χ4n) is 3.33. The number of unbranched alkanes of at least 4 members (excludes halogenated alkanes) is 1. The van der Waals surface area contributed by atoms with Gasteiger partial charge in [-0.2, -0.15) is 0 Å². The van der Waals surface area contributed by atoms with E-state index in [1.165, 1.54) is 0 Å². The first-order chi connectivity index (χ1) is 11.2. The van der Waals surface area contributed by atoms with Crippen molar-refractivity contribution >= 4 is 16.9 Å². The number of methoxy groups -OCH3 is 1. The van der Waals surface area contributed by atoms with Gasteiger partial charge in [-0.25, -0.2) is 4.98 Å². The number of amides is 1. The average molecular weight is 315 g/mol. The lowest BCUT2D eigenvalue weighted by atomic mass is 10.1. The third-order valence-electron chi connectivity index (χ3n) is 4.56. The van der Waals surface area contributed by atoms with Crippen LogP contribution in [-0.4, -0.2) is 47.2 Å². The zero-order chi connectivity index (χ0) is 16.2. The molecule has 1 atom stereocenters. The largest absolute Gasteiger partial charge is 0.383 e. The Morgan fingerprint density at radius 1 is 1.30 bits per heavy atom. The van der Waals surface area contributed by atoms with Crippen molar-refractivity contribution in [3.63, 3.8) is 0 Å². The second-order valence-corrected chi connectivity index (χ2v) is 6.20. The molecule has 0 spiro atoms. The van der Waals surface area contributed by atoms with Crippen molar-refractivity contribution < 1.29 is 9.53 Å². The first kappa shape index (κ1) is 16.0. The predicted octanol–water partition coefficient (Wildman–Crippen LogP) is 2.80. The van der Waals surface area contributed by atoms with Gasteiger partial charge in [-0.1, -0.05) is 25.5 Å². The summed E-state index contributed by atoms with van der Waals surface area (Å²) in [5, 5.41) is 0. The minimum absolute atomic E-state index is 0.184. The van der Waals surface area contributed by atoms with Gasteiger partial charge in [0.2, 0.25) is 5.91 Å². The molecule has 23 heavy (non-hydrogen) atoms. The first-order valence-electron chi connectivity index (χ1n) is 8.46. The van der Waals surface area contributed by atoms with E-state index in [-0.39, 0.29) is 11.8 Å². The van der Waals surface area contributed by atoms with Crippen LogP contribution in [0.3, 0.4) is 0 Å². The van der Waals surface area contributed by atoms with Crippen LogP contribution in [0.4, 0.5) is 0 Å². The highest BCUT2D eigenvalue weighted by atomic mass is 16.5. The predicted molar refractivity (Wildman–Crippen MR) is 90.5 cm³/mol. The molecule has 0 radical (unpaired) electrons. The summed E-state index contributed by atoms with van der Waals surface area (Å²) in [7, 11) is 1.71.